The van der Waals surface area contributed by atoms with Gasteiger partial charge in [0.2, 0.25) is 0 Å². The number of pyridine rings is 1. The second-order valence-electron chi connectivity index (χ2n) is 7.71. The third-order valence-corrected chi connectivity index (χ3v) is 5.92. The molecule has 2 heterocycles. The number of carbonyl (C=O) groups excluding carboxylic acids is 1. The number of benzene rings is 2. The van der Waals surface area contributed by atoms with Crippen molar-refractivity contribution in [1.82, 2.24) is 4.98 Å². The Labute approximate surface area is 165 Å². The van der Waals surface area contributed by atoms with Gasteiger partial charge in [-0.25, -0.2) is 0 Å². The van der Waals surface area contributed by atoms with Gasteiger partial charge < -0.3 is 10.0 Å². The lowest BCUT2D eigenvalue weighted by molar-refractivity contribution is 0.112. The van der Waals surface area contributed by atoms with Crippen LogP contribution >= 0.6 is 0 Å². The van der Waals surface area contributed by atoms with Crippen LogP contribution in [0.3, 0.4) is 0 Å². The molecule has 4 heteroatoms. The van der Waals surface area contributed by atoms with Crippen molar-refractivity contribution in [2.24, 2.45) is 5.92 Å². The number of aryl methyl sites for hydroxylation is 1. The highest BCUT2D eigenvalue weighted by atomic mass is 16.3. The minimum Gasteiger partial charge on any atom is -0.507 e. The molecular formula is C24H26N2O2. The molecule has 3 aromatic rings. The highest BCUT2D eigenvalue weighted by Gasteiger charge is 2.19. The number of fused-ring (bicyclic) bond motifs is 1. The van der Waals surface area contributed by atoms with Gasteiger partial charge >= 0.3 is 0 Å². The number of hydrogen-bond donors (Lipinski definition) is 1. The van der Waals surface area contributed by atoms with Crippen LogP contribution in [0.1, 0.15) is 41.6 Å². The molecule has 0 aliphatic carbocycles. The van der Waals surface area contributed by atoms with Crippen molar-refractivity contribution < 1.29 is 9.90 Å². The number of aromatic nitrogens is 1. The maximum Gasteiger partial charge on any atom is 0.154 e. The van der Waals surface area contributed by atoms with Crippen molar-refractivity contribution in [2.75, 3.05) is 18.0 Å². The molecule has 144 valence electrons. The van der Waals surface area contributed by atoms with Crippen molar-refractivity contribution in [2.45, 2.75) is 32.1 Å². The Hall–Kier alpha value is -2.88. The van der Waals surface area contributed by atoms with Gasteiger partial charge in [-0.05, 0) is 78.6 Å². The van der Waals surface area contributed by atoms with Crippen molar-refractivity contribution in [3.05, 3.63) is 66.0 Å². The average Bonchev–Trinajstić information content (AvgIpc) is 2.75. The molecule has 1 saturated heterocycles. The number of phenolic OH excluding ortho intramolecular Hbond substituents is 1. The Morgan fingerprint density at radius 2 is 2.00 bits per heavy atom. The maximum atomic E-state index is 11.3. The molecule has 28 heavy (non-hydrogen) atoms. The standard InChI is InChI=1S/C24H26N2O2/c27-17-23-22-8-7-21(15-20(22)6-9-24(23)28)26-13-10-18(11-14-26)3-1-4-19-5-2-12-25-16-19/h2,5-9,12,15-18,28H,1,3-4,10-11,13-14H2. The summed E-state index contributed by atoms with van der Waals surface area (Å²) < 4.78 is 0. The van der Waals surface area contributed by atoms with Crippen LogP contribution in [-0.2, 0) is 6.42 Å². The Morgan fingerprint density at radius 1 is 1.14 bits per heavy atom. The molecule has 0 unspecified atom stereocenters. The van der Waals surface area contributed by atoms with Gasteiger partial charge in [0.15, 0.2) is 6.29 Å². The van der Waals surface area contributed by atoms with E-state index in [9.17, 15) is 9.90 Å². The SMILES string of the molecule is O=Cc1c(O)ccc2cc(N3CCC(CCCc4cccnc4)CC3)ccc12. The number of aromatic hydroxyl groups is 1. The maximum absolute atomic E-state index is 11.3. The molecule has 1 N–H and O–H groups in total. The van der Waals surface area contributed by atoms with E-state index in [2.05, 4.69) is 28.1 Å². The molecule has 2 aromatic carbocycles. The van der Waals surface area contributed by atoms with Crippen LogP contribution in [0.4, 0.5) is 5.69 Å². The molecular weight excluding hydrogens is 348 g/mol. The number of nitrogens with zero attached hydrogens (tertiary/aromatic N) is 2. The van der Waals surface area contributed by atoms with Crippen molar-refractivity contribution in [3.8, 4) is 5.75 Å². The Bertz CT molecular complexity index is 947. The van der Waals surface area contributed by atoms with E-state index in [0.29, 0.717) is 5.56 Å². The van der Waals surface area contributed by atoms with Crippen LogP contribution < -0.4 is 4.90 Å². The fourth-order valence-electron chi connectivity index (χ4n) is 4.27. The molecule has 0 amide bonds. The van der Waals surface area contributed by atoms with Gasteiger partial charge in [-0.1, -0.05) is 18.2 Å². The summed E-state index contributed by atoms with van der Waals surface area (Å²) in [6, 6.07) is 13.8. The number of carbonyl (C=O) groups is 1. The molecule has 0 spiro atoms. The highest BCUT2D eigenvalue weighted by Crippen LogP contribution is 2.31. The summed E-state index contributed by atoms with van der Waals surface area (Å²) in [7, 11) is 0. The zero-order valence-electron chi connectivity index (χ0n) is 16.1. The first-order valence-electron chi connectivity index (χ1n) is 10.1. The number of phenols is 1. The number of piperidine rings is 1. The van der Waals surface area contributed by atoms with Gasteiger partial charge in [-0.2, -0.15) is 0 Å². The van der Waals surface area contributed by atoms with Gasteiger partial charge in [-0.3, -0.25) is 9.78 Å². The molecule has 0 atom stereocenters. The fraction of sp³-hybridized carbons (Fsp3) is 0.333. The predicted molar refractivity (Wildman–Crippen MR) is 113 cm³/mol. The summed E-state index contributed by atoms with van der Waals surface area (Å²) >= 11 is 0. The molecule has 0 radical (unpaired) electrons. The Morgan fingerprint density at radius 3 is 2.75 bits per heavy atom. The zero-order chi connectivity index (χ0) is 19.3. The van der Waals surface area contributed by atoms with Gasteiger partial charge in [0, 0.05) is 31.2 Å². The van der Waals surface area contributed by atoms with Crippen LogP contribution in [0.2, 0.25) is 0 Å². The lowest BCUT2D eigenvalue weighted by Crippen LogP contribution is -2.33. The van der Waals surface area contributed by atoms with E-state index in [1.165, 1.54) is 36.9 Å². The molecule has 1 aliphatic heterocycles. The third-order valence-electron chi connectivity index (χ3n) is 5.92. The summed E-state index contributed by atoms with van der Waals surface area (Å²) in [6.45, 7) is 2.14. The van der Waals surface area contributed by atoms with E-state index in [1.807, 2.05) is 30.6 Å². The summed E-state index contributed by atoms with van der Waals surface area (Å²) in [5.74, 6) is 0.842. The Kier molecular flexibility index (Phi) is 5.56. The molecule has 1 aliphatic rings. The molecule has 1 aromatic heterocycles. The average molecular weight is 374 g/mol. The van der Waals surface area contributed by atoms with E-state index in [-0.39, 0.29) is 5.75 Å². The quantitative estimate of drug-likeness (QED) is 0.618. The van der Waals surface area contributed by atoms with Crippen LogP contribution in [0.25, 0.3) is 10.8 Å². The first kappa shape index (κ1) is 18.5. The third kappa shape index (κ3) is 4.01. The minimum atomic E-state index is 0.0438. The van der Waals surface area contributed by atoms with Crippen LogP contribution in [0.5, 0.6) is 5.75 Å². The number of hydrogen-bond acceptors (Lipinski definition) is 4. The molecule has 4 rings (SSSR count). The van der Waals surface area contributed by atoms with E-state index in [0.717, 1.165) is 42.5 Å². The summed E-state index contributed by atoms with van der Waals surface area (Å²) in [4.78, 5) is 17.9. The van der Waals surface area contributed by atoms with Crippen LogP contribution in [0, 0.1) is 5.92 Å². The monoisotopic (exact) mass is 374 g/mol. The highest BCUT2D eigenvalue weighted by molar-refractivity contribution is 6.01. The fourth-order valence-corrected chi connectivity index (χ4v) is 4.27. The normalized spacial score (nSPS) is 15.1. The number of rotatable bonds is 6. The molecule has 0 bridgehead atoms. The second kappa shape index (κ2) is 8.42. The first-order valence-corrected chi connectivity index (χ1v) is 10.1. The van der Waals surface area contributed by atoms with E-state index < -0.39 is 0 Å². The van der Waals surface area contributed by atoms with E-state index >= 15 is 0 Å². The first-order chi connectivity index (χ1) is 13.7. The van der Waals surface area contributed by atoms with E-state index in [1.54, 1.807) is 6.07 Å². The van der Waals surface area contributed by atoms with Crippen LogP contribution in [0.15, 0.2) is 54.9 Å². The zero-order valence-corrected chi connectivity index (χ0v) is 16.1. The topological polar surface area (TPSA) is 53.4 Å². The smallest absolute Gasteiger partial charge is 0.154 e. The van der Waals surface area contributed by atoms with Crippen LogP contribution in [-0.4, -0.2) is 29.5 Å². The number of aldehydes is 1. The lowest BCUT2D eigenvalue weighted by atomic mass is 9.90. The summed E-state index contributed by atoms with van der Waals surface area (Å²) in [5.41, 5.74) is 2.90. The van der Waals surface area contributed by atoms with Crippen molar-refractivity contribution in [1.29, 1.82) is 0 Å². The Balaban J connectivity index is 1.34. The lowest BCUT2D eigenvalue weighted by Gasteiger charge is -2.34. The molecule has 0 saturated carbocycles. The molecule has 1 fully saturated rings. The largest absolute Gasteiger partial charge is 0.507 e. The predicted octanol–water partition coefficient (Wildman–Crippen LogP) is 4.99. The second-order valence-corrected chi connectivity index (χ2v) is 7.71. The number of anilines is 1. The minimum absolute atomic E-state index is 0.0438. The van der Waals surface area contributed by atoms with Gasteiger partial charge in [0.05, 0.1) is 5.56 Å². The summed E-state index contributed by atoms with van der Waals surface area (Å²) in [6.07, 6.45) is 10.6. The van der Waals surface area contributed by atoms with Gasteiger partial charge in [-0.15, -0.1) is 0 Å². The van der Waals surface area contributed by atoms with Crippen molar-refractivity contribution in [3.63, 3.8) is 0 Å². The molecule has 4 nitrogen and oxygen atoms in total. The van der Waals surface area contributed by atoms with Crippen molar-refractivity contribution >= 4 is 22.7 Å². The van der Waals surface area contributed by atoms with Gasteiger partial charge in [0.1, 0.15) is 5.75 Å². The summed E-state index contributed by atoms with van der Waals surface area (Å²) in [5, 5.41) is 11.7. The van der Waals surface area contributed by atoms with E-state index in [4.69, 9.17) is 0 Å². The van der Waals surface area contributed by atoms with Gasteiger partial charge in [0.25, 0.3) is 0 Å².